The molecule has 0 saturated carbocycles. The number of nitrogens with zero attached hydrogens (tertiary/aromatic N) is 1. The lowest BCUT2D eigenvalue weighted by molar-refractivity contribution is 0.0317. The van der Waals surface area contributed by atoms with Crippen molar-refractivity contribution in [2.75, 3.05) is 27.3 Å². The first kappa shape index (κ1) is 25.0. The van der Waals surface area contributed by atoms with Gasteiger partial charge in [-0.1, -0.05) is 18.0 Å². The number of benzene rings is 2. The Bertz CT molecular complexity index is 1140. The number of halogens is 1. The van der Waals surface area contributed by atoms with Crippen LogP contribution in [0.2, 0.25) is 5.02 Å². The number of ether oxygens (including phenoxy) is 3. The second kappa shape index (κ2) is 10.5. The zero-order valence-electron chi connectivity index (χ0n) is 18.7. The third-order valence-corrected chi connectivity index (χ3v) is 7.81. The number of carbonyl (C=O) groups excluding carboxylic acids is 2. The summed E-state index contributed by atoms with van der Waals surface area (Å²) in [5, 5.41) is 0.0178. The number of Topliss-reactive ketones (excluding diaryl/α,β-unsaturated/α-hetero) is 1. The van der Waals surface area contributed by atoms with Crippen LogP contribution >= 0.6 is 11.6 Å². The fraction of sp³-hybridized carbons (Fsp3) is 0.391. The molecule has 33 heavy (non-hydrogen) atoms. The van der Waals surface area contributed by atoms with Crippen LogP contribution < -0.4 is 9.47 Å². The number of hydrogen-bond donors (Lipinski definition) is 0. The Morgan fingerprint density at radius 3 is 2.33 bits per heavy atom. The molecule has 0 N–H and O–H groups in total. The summed E-state index contributed by atoms with van der Waals surface area (Å²) in [6, 6.07) is 8.58. The van der Waals surface area contributed by atoms with Gasteiger partial charge in [-0.2, -0.15) is 4.31 Å². The molecule has 0 radical (unpaired) electrons. The van der Waals surface area contributed by atoms with Crippen molar-refractivity contribution < 1.29 is 32.2 Å². The highest BCUT2D eigenvalue weighted by molar-refractivity contribution is 7.89. The van der Waals surface area contributed by atoms with Gasteiger partial charge in [0.1, 0.15) is 16.4 Å². The van der Waals surface area contributed by atoms with Crippen LogP contribution in [0.25, 0.3) is 0 Å². The number of sulfonamides is 1. The van der Waals surface area contributed by atoms with Crippen molar-refractivity contribution >= 4 is 33.4 Å². The van der Waals surface area contributed by atoms with E-state index in [4.69, 9.17) is 25.8 Å². The van der Waals surface area contributed by atoms with Gasteiger partial charge in [-0.05, 0) is 50.1 Å². The van der Waals surface area contributed by atoms with Crippen LogP contribution in [0.3, 0.4) is 0 Å². The van der Waals surface area contributed by atoms with Gasteiger partial charge in [0, 0.05) is 19.2 Å². The number of ketones is 1. The highest BCUT2D eigenvalue weighted by atomic mass is 35.5. The maximum atomic E-state index is 13.0. The number of hydrogen-bond acceptors (Lipinski definition) is 7. The quantitative estimate of drug-likeness (QED) is 0.403. The topological polar surface area (TPSA) is 99.2 Å². The number of esters is 1. The van der Waals surface area contributed by atoms with Crippen molar-refractivity contribution in [3.63, 3.8) is 0 Å². The lowest BCUT2D eigenvalue weighted by Gasteiger charge is -2.26. The Morgan fingerprint density at radius 1 is 1.00 bits per heavy atom. The molecule has 1 heterocycles. The van der Waals surface area contributed by atoms with Crippen molar-refractivity contribution in [3.05, 3.63) is 52.5 Å². The minimum Gasteiger partial charge on any atom is -0.497 e. The van der Waals surface area contributed by atoms with Crippen LogP contribution in [0, 0.1) is 0 Å². The van der Waals surface area contributed by atoms with Crippen LogP contribution in [0.1, 0.15) is 46.9 Å². The van der Waals surface area contributed by atoms with Crippen LogP contribution in [-0.4, -0.2) is 57.9 Å². The van der Waals surface area contributed by atoms with Crippen molar-refractivity contribution in [3.8, 4) is 11.5 Å². The minimum atomic E-state index is -3.85. The Balaban J connectivity index is 1.80. The van der Waals surface area contributed by atoms with Crippen LogP contribution in [-0.2, 0) is 14.8 Å². The van der Waals surface area contributed by atoms with E-state index in [1.165, 1.54) is 49.7 Å². The SMILES string of the molecule is COc1ccc(C(=O)[C@H](C)OC(=O)c2ccc(Cl)c(S(=O)(=O)N3CCCCC3)c2)c(OC)c1. The van der Waals surface area contributed by atoms with E-state index in [0.717, 1.165) is 19.3 Å². The molecule has 1 atom stereocenters. The minimum absolute atomic E-state index is 0.0173. The van der Waals surface area contributed by atoms with E-state index in [1.807, 2.05) is 0 Å². The second-order valence-electron chi connectivity index (χ2n) is 7.59. The molecule has 0 amide bonds. The summed E-state index contributed by atoms with van der Waals surface area (Å²) in [6.07, 6.45) is 1.37. The molecule has 178 valence electrons. The summed E-state index contributed by atoms with van der Waals surface area (Å²) in [6.45, 7) is 2.25. The number of piperidine rings is 1. The third-order valence-electron chi connectivity index (χ3n) is 5.43. The van der Waals surface area contributed by atoms with Gasteiger partial charge in [0.15, 0.2) is 6.10 Å². The molecule has 2 aromatic rings. The molecule has 1 aliphatic rings. The number of methoxy groups -OCH3 is 2. The molecule has 0 spiro atoms. The predicted molar refractivity (Wildman–Crippen MR) is 123 cm³/mol. The molecule has 1 saturated heterocycles. The monoisotopic (exact) mass is 495 g/mol. The number of rotatable bonds is 8. The van der Waals surface area contributed by atoms with Crippen molar-refractivity contribution in [1.82, 2.24) is 4.31 Å². The summed E-state index contributed by atoms with van der Waals surface area (Å²) in [7, 11) is -0.944. The fourth-order valence-electron chi connectivity index (χ4n) is 3.58. The molecular formula is C23H26ClNO7S. The van der Waals surface area contributed by atoms with E-state index < -0.39 is 27.9 Å². The van der Waals surface area contributed by atoms with E-state index in [9.17, 15) is 18.0 Å². The average molecular weight is 496 g/mol. The lowest BCUT2D eigenvalue weighted by atomic mass is 10.1. The Hall–Kier alpha value is -2.62. The fourth-order valence-corrected chi connectivity index (χ4v) is 5.59. The van der Waals surface area contributed by atoms with Crippen molar-refractivity contribution in [2.45, 2.75) is 37.2 Å². The first-order valence-corrected chi connectivity index (χ1v) is 12.3. The highest BCUT2D eigenvalue weighted by Gasteiger charge is 2.30. The normalized spacial score (nSPS) is 15.5. The van der Waals surface area contributed by atoms with E-state index >= 15 is 0 Å². The molecule has 1 fully saturated rings. The molecule has 0 aromatic heterocycles. The Morgan fingerprint density at radius 2 is 1.70 bits per heavy atom. The van der Waals surface area contributed by atoms with Gasteiger partial charge in [-0.25, -0.2) is 13.2 Å². The van der Waals surface area contributed by atoms with Gasteiger partial charge >= 0.3 is 5.97 Å². The average Bonchev–Trinajstić information content (AvgIpc) is 2.83. The van der Waals surface area contributed by atoms with Gasteiger partial charge in [0.2, 0.25) is 15.8 Å². The standard InChI is InChI=1S/C23H26ClNO7S/c1-15(22(26)18-9-8-17(30-2)14-20(18)31-3)32-23(27)16-7-10-19(24)21(13-16)33(28,29)25-11-5-4-6-12-25/h7-10,13-15H,4-6,11-12H2,1-3H3/t15-/m0/s1. The summed E-state index contributed by atoms with van der Waals surface area (Å²) in [4.78, 5) is 25.4. The first-order valence-electron chi connectivity index (χ1n) is 10.5. The first-order chi connectivity index (χ1) is 15.7. The number of carbonyl (C=O) groups is 2. The van der Waals surface area contributed by atoms with Gasteiger partial charge in [-0.3, -0.25) is 4.79 Å². The summed E-state index contributed by atoms with van der Waals surface area (Å²) >= 11 is 6.16. The van der Waals surface area contributed by atoms with Gasteiger partial charge in [-0.15, -0.1) is 0 Å². The maximum absolute atomic E-state index is 13.0. The van der Waals surface area contributed by atoms with E-state index in [2.05, 4.69) is 0 Å². The van der Waals surface area contributed by atoms with Gasteiger partial charge < -0.3 is 14.2 Å². The maximum Gasteiger partial charge on any atom is 0.338 e. The lowest BCUT2D eigenvalue weighted by Crippen LogP contribution is -2.35. The molecule has 0 unspecified atom stereocenters. The molecule has 2 aromatic carbocycles. The molecule has 10 heteroatoms. The Kier molecular flexibility index (Phi) is 7.99. The van der Waals surface area contributed by atoms with Crippen LogP contribution in [0.15, 0.2) is 41.3 Å². The smallest absolute Gasteiger partial charge is 0.338 e. The van der Waals surface area contributed by atoms with Crippen LogP contribution in [0.4, 0.5) is 0 Å². The molecule has 0 aliphatic carbocycles. The largest absolute Gasteiger partial charge is 0.497 e. The summed E-state index contributed by atoms with van der Waals surface area (Å²) < 4.78 is 43.1. The van der Waals surface area contributed by atoms with Crippen molar-refractivity contribution in [1.29, 1.82) is 0 Å². The Labute approximate surface area is 198 Å². The predicted octanol–water partition coefficient (Wildman–Crippen LogP) is 3.96. The van der Waals surface area contributed by atoms with E-state index in [-0.39, 0.29) is 26.8 Å². The van der Waals surface area contributed by atoms with Crippen LogP contribution in [0.5, 0.6) is 11.5 Å². The molecule has 0 bridgehead atoms. The highest BCUT2D eigenvalue weighted by Crippen LogP contribution is 2.29. The molecular weight excluding hydrogens is 470 g/mol. The zero-order chi connectivity index (χ0) is 24.2. The molecule has 3 rings (SSSR count). The zero-order valence-corrected chi connectivity index (χ0v) is 20.2. The molecule has 8 nitrogen and oxygen atoms in total. The second-order valence-corrected chi connectivity index (χ2v) is 9.90. The van der Waals surface area contributed by atoms with Gasteiger partial charge in [0.05, 0.1) is 30.4 Å². The van der Waals surface area contributed by atoms with Gasteiger partial charge in [0.25, 0.3) is 0 Å². The van der Waals surface area contributed by atoms with E-state index in [0.29, 0.717) is 18.8 Å². The molecule has 1 aliphatic heterocycles. The van der Waals surface area contributed by atoms with Crippen molar-refractivity contribution in [2.24, 2.45) is 0 Å². The third kappa shape index (κ3) is 5.48. The summed E-state index contributed by atoms with van der Waals surface area (Å²) in [5.41, 5.74) is 0.208. The van der Waals surface area contributed by atoms with E-state index in [1.54, 1.807) is 12.1 Å². The summed E-state index contributed by atoms with van der Waals surface area (Å²) in [5.74, 6) is -0.520.